The molecule has 3 rings (SSSR count). The monoisotopic (exact) mass is 480 g/mol. The Morgan fingerprint density at radius 2 is 1.35 bits per heavy atom. The molecule has 5 heteroatoms. The van der Waals surface area contributed by atoms with E-state index >= 15 is 0 Å². The van der Waals surface area contributed by atoms with Crippen molar-refractivity contribution in [2.75, 3.05) is 0 Å². The van der Waals surface area contributed by atoms with Gasteiger partial charge in [-0.25, -0.2) is 0 Å². The van der Waals surface area contributed by atoms with Gasteiger partial charge in [-0.2, -0.15) is 0 Å². The van der Waals surface area contributed by atoms with Crippen LogP contribution in [0.2, 0.25) is 0 Å². The van der Waals surface area contributed by atoms with Crippen LogP contribution in [0.25, 0.3) is 21.9 Å². The van der Waals surface area contributed by atoms with Gasteiger partial charge >= 0.3 is 0 Å². The number of benzene rings is 2. The maximum atomic E-state index is 5.92. The van der Waals surface area contributed by atoms with Gasteiger partial charge in [0.25, 0.3) is 0 Å². The molecule has 0 aliphatic carbocycles. The molecule has 2 aromatic carbocycles. The van der Waals surface area contributed by atoms with Gasteiger partial charge in [-0.05, 0) is 72.1 Å². The molecule has 0 spiro atoms. The first-order valence-corrected chi connectivity index (χ1v) is 7.91. The van der Waals surface area contributed by atoms with E-state index in [0.29, 0.717) is 0 Å². The van der Waals surface area contributed by atoms with Crippen LogP contribution in [0.5, 0.6) is 0 Å². The Balaban J connectivity index is 2.63. The average molecular weight is 484 g/mol. The Morgan fingerprint density at radius 1 is 0.706 bits per heavy atom. The standard InChI is InChI=1S/C12H4Br4O/c13-6-3-4-8(15)12-9(6)5-1-2-7(14)10(16)11(5)17-12/h1-4H. The SMILES string of the molecule is Brc1ccc2c(oc3c(Br)ccc(Br)c32)c1Br. The number of hydrogen-bond acceptors (Lipinski definition) is 1. The molecule has 0 aliphatic rings. The fourth-order valence-electron chi connectivity index (χ4n) is 1.81. The van der Waals surface area contributed by atoms with Crippen molar-refractivity contribution in [1.82, 2.24) is 0 Å². The van der Waals surface area contributed by atoms with Gasteiger partial charge in [0.1, 0.15) is 0 Å². The predicted octanol–water partition coefficient (Wildman–Crippen LogP) is 6.64. The molecule has 0 bridgehead atoms. The van der Waals surface area contributed by atoms with Crippen molar-refractivity contribution in [3.05, 3.63) is 42.2 Å². The van der Waals surface area contributed by atoms with Crippen LogP contribution in [-0.2, 0) is 0 Å². The third-order valence-corrected chi connectivity index (χ3v) is 5.85. The molecule has 86 valence electrons. The summed E-state index contributed by atoms with van der Waals surface area (Å²) >= 11 is 14.1. The summed E-state index contributed by atoms with van der Waals surface area (Å²) in [6.07, 6.45) is 0. The van der Waals surface area contributed by atoms with Gasteiger partial charge in [0.05, 0.1) is 8.95 Å². The zero-order chi connectivity index (χ0) is 12.2. The average Bonchev–Trinajstić information content (AvgIpc) is 2.70. The van der Waals surface area contributed by atoms with Crippen LogP contribution in [0.4, 0.5) is 0 Å². The van der Waals surface area contributed by atoms with E-state index in [1.165, 1.54) is 0 Å². The molecule has 0 unspecified atom stereocenters. The van der Waals surface area contributed by atoms with E-state index in [1.807, 2.05) is 24.3 Å². The molecule has 0 fully saturated rings. The van der Waals surface area contributed by atoms with E-state index in [1.54, 1.807) is 0 Å². The molecule has 0 radical (unpaired) electrons. The van der Waals surface area contributed by atoms with E-state index < -0.39 is 0 Å². The van der Waals surface area contributed by atoms with Gasteiger partial charge in [-0.1, -0.05) is 15.9 Å². The summed E-state index contributed by atoms with van der Waals surface area (Å²) in [7, 11) is 0. The highest BCUT2D eigenvalue weighted by atomic mass is 79.9. The normalized spacial score (nSPS) is 11.5. The van der Waals surface area contributed by atoms with Crippen LogP contribution in [0.15, 0.2) is 46.6 Å². The fraction of sp³-hybridized carbons (Fsp3) is 0. The van der Waals surface area contributed by atoms with Gasteiger partial charge in [0.15, 0.2) is 11.2 Å². The van der Waals surface area contributed by atoms with Crippen molar-refractivity contribution in [3.63, 3.8) is 0 Å². The minimum absolute atomic E-state index is 0.849. The number of furan rings is 1. The molecular formula is C12H4Br4O. The van der Waals surface area contributed by atoms with Crippen molar-refractivity contribution in [2.45, 2.75) is 0 Å². The summed E-state index contributed by atoms with van der Waals surface area (Å²) in [6.45, 7) is 0. The molecule has 1 heterocycles. The number of halogens is 4. The van der Waals surface area contributed by atoms with Crippen molar-refractivity contribution in [1.29, 1.82) is 0 Å². The Kier molecular flexibility index (Phi) is 3.14. The summed E-state index contributed by atoms with van der Waals surface area (Å²) in [5.74, 6) is 0. The summed E-state index contributed by atoms with van der Waals surface area (Å²) in [5.41, 5.74) is 1.70. The van der Waals surface area contributed by atoms with Crippen molar-refractivity contribution < 1.29 is 4.42 Å². The fourth-order valence-corrected chi connectivity index (χ4v) is 3.49. The molecular weight excluding hydrogens is 480 g/mol. The van der Waals surface area contributed by atoms with Crippen molar-refractivity contribution >= 4 is 85.7 Å². The molecule has 0 saturated heterocycles. The minimum atomic E-state index is 0.849. The van der Waals surface area contributed by atoms with E-state index in [2.05, 4.69) is 63.7 Å². The summed E-state index contributed by atoms with van der Waals surface area (Å²) in [5, 5.41) is 2.17. The number of hydrogen-bond donors (Lipinski definition) is 0. The molecule has 0 aliphatic heterocycles. The van der Waals surface area contributed by atoms with Gasteiger partial charge < -0.3 is 4.42 Å². The lowest BCUT2D eigenvalue weighted by Gasteiger charge is -1.96. The van der Waals surface area contributed by atoms with Crippen LogP contribution in [0.3, 0.4) is 0 Å². The Labute approximate surface area is 131 Å². The Morgan fingerprint density at radius 3 is 2.12 bits per heavy atom. The summed E-state index contributed by atoms with van der Waals surface area (Å²) < 4.78 is 9.82. The van der Waals surface area contributed by atoms with Crippen LogP contribution in [0.1, 0.15) is 0 Å². The molecule has 1 aromatic heterocycles. The second kappa shape index (κ2) is 4.37. The lowest BCUT2D eigenvalue weighted by Crippen LogP contribution is -1.72. The summed E-state index contributed by atoms with van der Waals surface area (Å²) in [4.78, 5) is 0. The van der Waals surface area contributed by atoms with Crippen LogP contribution in [-0.4, -0.2) is 0 Å². The zero-order valence-electron chi connectivity index (χ0n) is 8.23. The topological polar surface area (TPSA) is 13.1 Å². The highest BCUT2D eigenvalue weighted by Crippen LogP contribution is 2.42. The largest absolute Gasteiger partial charge is 0.454 e. The molecule has 0 saturated carbocycles. The minimum Gasteiger partial charge on any atom is -0.454 e. The highest BCUT2D eigenvalue weighted by Gasteiger charge is 2.15. The zero-order valence-corrected chi connectivity index (χ0v) is 14.6. The Hall–Kier alpha value is 0.160. The predicted molar refractivity (Wildman–Crippen MR) is 84.5 cm³/mol. The van der Waals surface area contributed by atoms with Crippen molar-refractivity contribution in [2.24, 2.45) is 0 Å². The second-order valence-corrected chi connectivity index (χ2v) is 6.93. The summed E-state index contributed by atoms with van der Waals surface area (Å²) in [6, 6.07) is 8.04. The molecule has 17 heavy (non-hydrogen) atoms. The molecule has 0 N–H and O–H groups in total. The molecule has 0 atom stereocenters. The smallest absolute Gasteiger partial charge is 0.150 e. The molecule has 3 aromatic rings. The van der Waals surface area contributed by atoms with E-state index in [0.717, 1.165) is 39.8 Å². The van der Waals surface area contributed by atoms with E-state index in [-0.39, 0.29) is 0 Å². The first kappa shape index (κ1) is 12.2. The number of fused-ring (bicyclic) bond motifs is 3. The first-order chi connectivity index (χ1) is 8.09. The van der Waals surface area contributed by atoms with Gasteiger partial charge in [-0.15, -0.1) is 0 Å². The van der Waals surface area contributed by atoms with Gasteiger partial charge in [0, 0.05) is 19.7 Å². The van der Waals surface area contributed by atoms with E-state index in [9.17, 15) is 0 Å². The van der Waals surface area contributed by atoms with E-state index in [4.69, 9.17) is 4.42 Å². The lowest BCUT2D eigenvalue weighted by atomic mass is 10.1. The van der Waals surface area contributed by atoms with Gasteiger partial charge in [-0.3, -0.25) is 0 Å². The van der Waals surface area contributed by atoms with Crippen LogP contribution >= 0.6 is 63.7 Å². The third kappa shape index (κ3) is 1.82. The number of rotatable bonds is 0. The quantitative estimate of drug-likeness (QED) is 0.349. The third-order valence-electron chi connectivity index (χ3n) is 2.58. The van der Waals surface area contributed by atoms with Crippen LogP contribution < -0.4 is 0 Å². The Bertz CT molecular complexity index is 745. The second-order valence-electron chi connectivity index (χ2n) is 3.57. The van der Waals surface area contributed by atoms with Crippen LogP contribution in [0, 0.1) is 0 Å². The maximum Gasteiger partial charge on any atom is 0.150 e. The van der Waals surface area contributed by atoms with Crippen molar-refractivity contribution in [3.8, 4) is 0 Å². The lowest BCUT2D eigenvalue weighted by molar-refractivity contribution is 0.664. The maximum absolute atomic E-state index is 5.92. The molecule has 1 nitrogen and oxygen atoms in total. The molecule has 0 amide bonds. The first-order valence-electron chi connectivity index (χ1n) is 4.74. The highest BCUT2D eigenvalue weighted by molar-refractivity contribution is 9.13. The van der Waals surface area contributed by atoms with Gasteiger partial charge in [0.2, 0.25) is 0 Å².